The quantitative estimate of drug-likeness (QED) is 0.535. The summed E-state index contributed by atoms with van der Waals surface area (Å²) in [6.07, 6.45) is 0. The SMILES string of the molecule is CCN(CC)C(=O)C(C)NCC(N)C(=O)O. The van der Waals surface area contributed by atoms with E-state index in [0.29, 0.717) is 13.1 Å². The maximum absolute atomic E-state index is 11.8. The lowest BCUT2D eigenvalue weighted by Crippen LogP contribution is -2.49. The number of rotatable bonds is 7. The number of nitrogens with two attached hydrogens (primary N) is 1. The Morgan fingerprint density at radius 2 is 1.88 bits per heavy atom. The van der Waals surface area contributed by atoms with E-state index in [1.54, 1.807) is 11.8 Å². The Kier molecular flexibility index (Phi) is 6.67. The highest BCUT2D eigenvalue weighted by molar-refractivity contribution is 5.81. The zero-order valence-electron chi connectivity index (χ0n) is 10.1. The van der Waals surface area contributed by atoms with Gasteiger partial charge in [0.2, 0.25) is 5.91 Å². The van der Waals surface area contributed by atoms with Crippen molar-refractivity contribution in [3.63, 3.8) is 0 Å². The van der Waals surface area contributed by atoms with E-state index < -0.39 is 18.1 Å². The second-order valence-electron chi connectivity index (χ2n) is 3.59. The number of likely N-dealkylation sites (N-methyl/N-ethyl adjacent to an activating group) is 1. The topological polar surface area (TPSA) is 95.7 Å². The Hall–Kier alpha value is -1.14. The number of carbonyl (C=O) groups is 2. The number of hydrogen-bond donors (Lipinski definition) is 3. The van der Waals surface area contributed by atoms with Crippen molar-refractivity contribution < 1.29 is 14.7 Å². The fourth-order valence-corrected chi connectivity index (χ4v) is 1.29. The molecule has 0 aromatic carbocycles. The Balaban J connectivity index is 4.10. The maximum Gasteiger partial charge on any atom is 0.321 e. The number of aliphatic carboxylic acids is 1. The molecule has 6 heteroatoms. The number of nitrogens with zero attached hydrogens (tertiary/aromatic N) is 1. The van der Waals surface area contributed by atoms with Crippen LogP contribution in [0.4, 0.5) is 0 Å². The van der Waals surface area contributed by atoms with Crippen LogP contribution in [0.1, 0.15) is 20.8 Å². The number of carbonyl (C=O) groups excluding carboxylic acids is 1. The molecule has 2 atom stereocenters. The second-order valence-corrected chi connectivity index (χ2v) is 3.59. The lowest BCUT2D eigenvalue weighted by atomic mass is 10.2. The van der Waals surface area contributed by atoms with Crippen molar-refractivity contribution in [2.24, 2.45) is 5.73 Å². The molecule has 2 unspecified atom stereocenters. The van der Waals surface area contributed by atoms with Crippen LogP contribution in [-0.4, -0.2) is 53.6 Å². The molecule has 0 heterocycles. The van der Waals surface area contributed by atoms with Crippen molar-refractivity contribution in [2.75, 3.05) is 19.6 Å². The van der Waals surface area contributed by atoms with Gasteiger partial charge in [-0.05, 0) is 20.8 Å². The normalized spacial score (nSPS) is 14.2. The zero-order valence-corrected chi connectivity index (χ0v) is 10.1. The molecule has 6 nitrogen and oxygen atoms in total. The number of carboxylic acid groups (broad SMARTS) is 1. The first-order valence-corrected chi connectivity index (χ1v) is 5.44. The van der Waals surface area contributed by atoms with Gasteiger partial charge in [0, 0.05) is 19.6 Å². The monoisotopic (exact) mass is 231 g/mol. The van der Waals surface area contributed by atoms with E-state index in [4.69, 9.17) is 10.8 Å². The van der Waals surface area contributed by atoms with Crippen LogP contribution in [0.2, 0.25) is 0 Å². The number of nitrogens with one attached hydrogen (secondary N) is 1. The van der Waals surface area contributed by atoms with Gasteiger partial charge in [0.25, 0.3) is 0 Å². The number of amides is 1. The number of hydrogen-bond acceptors (Lipinski definition) is 4. The van der Waals surface area contributed by atoms with E-state index in [1.807, 2.05) is 13.8 Å². The van der Waals surface area contributed by atoms with E-state index in [1.165, 1.54) is 0 Å². The van der Waals surface area contributed by atoms with E-state index in [0.717, 1.165) is 0 Å². The predicted octanol–water partition coefficient (Wildman–Crippen LogP) is -0.755. The third kappa shape index (κ3) is 4.59. The van der Waals surface area contributed by atoms with Gasteiger partial charge in [0.1, 0.15) is 6.04 Å². The van der Waals surface area contributed by atoms with Crippen molar-refractivity contribution in [3.8, 4) is 0 Å². The molecule has 0 saturated carbocycles. The molecule has 0 fully saturated rings. The van der Waals surface area contributed by atoms with Crippen LogP contribution in [0.25, 0.3) is 0 Å². The van der Waals surface area contributed by atoms with E-state index >= 15 is 0 Å². The molecule has 0 aromatic rings. The van der Waals surface area contributed by atoms with Gasteiger partial charge in [-0.25, -0.2) is 0 Å². The highest BCUT2D eigenvalue weighted by atomic mass is 16.4. The molecule has 0 aromatic heterocycles. The van der Waals surface area contributed by atoms with Crippen LogP contribution in [0.3, 0.4) is 0 Å². The Morgan fingerprint density at radius 3 is 2.25 bits per heavy atom. The summed E-state index contributed by atoms with van der Waals surface area (Å²) in [5, 5.41) is 11.4. The lowest BCUT2D eigenvalue weighted by Gasteiger charge is -2.23. The van der Waals surface area contributed by atoms with Crippen molar-refractivity contribution in [1.82, 2.24) is 10.2 Å². The average Bonchev–Trinajstić information content (AvgIpc) is 2.26. The van der Waals surface area contributed by atoms with Crippen molar-refractivity contribution >= 4 is 11.9 Å². The van der Waals surface area contributed by atoms with Gasteiger partial charge in [-0.15, -0.1) is 0 Å². The fraction of sp³-hybridized carbons (Fsp3) is 0.800. The maximum atomic E-state index is 11.8. The molecule has 0 aliphatic heterocycles. The molecule has 0 spiro atoms. The Bertz CT molecular complexity index is 241. The largest absolute Gasteiger partial charge is 0.480 e. The van der Waals surface area contributed by atoms with Gasteiger partial charge in [-0.1, -0.05) is 0 Å². The standard InChI is InChI=1S/C10H21N3O3/c1-4-13(5-2)9(14)7(3)12-6-8(11)10(15)16/h7-8,12H,4-6,11H2,1-3H3,(H,15,16). The van der Waals surface area contributed by atoms with Gasteiger partial charge < -0.3 is 21.1 Å². The highest BCUT2D eigenvalue weighted by Gasteiger charge is 2.19. The molecule has 0 bridgehead atoms. The van der Waals surface area contributed by atoms with Gasteiger partial charge in [0.05, 0.1) is 6.04 Å². The van der Waals surface area contributed by atoms with Crippen LogP contribution in [0.15, 0.2) is 0 Å². The minimum Gasteiger partial charge on any atom is -0.480 e. The minimum absolute atomic E-state index is 0.0393. The van der Waals surface area contributed by atoms with Crippen molar-refractivity contribution in [2.45, 2.75) is 32.9 Å². The van der Waals surface area contributed by atoms with Crippen molar-refractivity contribution in [1.29, 1.82) is 0 Å². The van der Waals surface area contributed by atoms with Crippen LogP contribution in [0, 0.1) is 0 Å². The van der Waals surface area contributed by atoms with Crippen LogP contribution in [-0.2, 0) is 9.59 Å². The molecular formula is C10H21N3O3. The third-order valence-corrected chi connectivity index (χ3v) is 2.41. The highest BCUT2D eigenvalue weighted by Crippen LogP contribution is 1.94. The fourth-order valence-electron chi connectivity index (χ4n) is 1.29. The van der Waals surface area contributed by atoms with Gasteiger partial charge in [-0.3, -0.25) is 9.59 Å². The minimum atomic E-state index is -1.07. The Morgan fingerprint density at radius 1 is 1.38 bits per heavy atom. The van der Waals surface area contributed by atoms with Gasteiger partial charge in [-0.2, -0.15) is 0 Å². The van der Waals surface area contributed by atoms with E-state index in [2.05, 4.69) is 5.32 Å². The summed E-state index contributed by atoms with van der Waals surface area (Å²) in [5.74, 6) is -1.11. The first kappa shape index (κ1) is 14.9. The lowest BCUT2D eigenvalue weighted by molar-refractivity contribution is -0.139. The first-order chi connectivity index (χ1) is 7.43. The van der Waals surface area contributed by atoms with Gasteiger partial charge >= 0.3 is 5.97 Å². The molecule has 0 radical (unpaired) electrons. The summed E-state index contributed by atoms with van der Waals surface area (Å²) in [4.78, 5) is 23.9. The summed E-state index contributed by atoms with van der Waals surface area (Å²) in [5.41, 5.74) is 5.32. The number of carboxylic acids is 1. The second kappa shape index (κ2) is 7.19. The molecular weight excluding hydrogens is 210 g/mol. The summed E-state index contributed by atoms with van der Waals surface area (Å²) in [7, 11) is 0. The molecule has 0 aliphatic carbocycles. The molecule has 0 aliphatic rings. The zero-order chi connectivity index (χ0) is 12.7. The smallest absolute Gasteiger partial charge is 0.321 e. The van der Waals surface area contributed by atoms with Crippen LogP contribution in [0.5, 0.6) is 0 Å². The summed E-state index contributed by atoms with van der Waals surface area (Å²) >= 11 is 0. The molecule has 0 saturated heterocycles. The third-order valence-electron chi connectivity index (χ3n) is 2.41. The summed E-state index contributed by atoms with van der Waals surface area (Å²) in [6.45, 7) is 6.88. The Labute approximate surface area is 95.8 Å². The summed E-state index contributed by atoms with van der Waals surface area (Å²) in [6, 6.07) is -1.39. The van der Waals surface area contributed by atoms with Crippen LogP contribution >= 0.6 is 0 Å². The van der Waals surface area contributed by atoms with E-state index in [9.17, 15) is 9.59 Å². The summed E-state index contributed by atoms with van der Waals surface area (Å²) < 4.78 is 0. The first-order valence-electron chi connectivity index (χ1n) is 5.44. The molecule has 0 rings (SSSR count). The molecule has 16 heavy (non-hydrogen) atoms. The molecule has 4 N–H and O–H groups in total. The van der Waals surface area contributed by atoms with Crippen molar-refractivity contribution in [3.05, 3.63) is 0 Å². The van der Waals surface area contributed by atoms with E-state index in [-0.39, 0.29) is 12.5 Å². The molecule has 1 amide bonds. The predicted molar refractivity (Wildman–Crippen MR) is 61.0 cm³/mol. The van der Waals surface area contributed by atoms with Crippen LogP contribution < -0.4 is 11.1 Å². The van der Waals surface area contributed by atoms with Gasteiger partial charge in [0.15, 0.2) is 0 Å². The average molecular weight is 231 g/mol. The molecule has 94 valence electrons.